The Labute approximate surface area is 92.5 Å². The third kappa shape index (κ3) is 8.40. The van der Waals surface area contributed by atoms with Crippen LogP contribution in [0.4, 0.5) is 0 Å². The summed E-state index contributed by atoms with van der Waals surface area (Å²) in [5.74, 6) is 3.02. The Morgan fingerprint density at radius 3 is 2.36 bits per heavy atom. The number of thioether (sulfide) groups is 1. The number of nitriles is 1. The lowest BCUT2D eigenvalue weighted by Crippen LogP contribution is -2.34. The van der Waals surface area contributed by atoms with Crippen molar-refractivity contribution >= 4 is 11.8 Å². The Kier molecular flexibility index (Phi) is 8.02. The highest BCUT2D eigenvalue weighted by molar-refractivity contribution is 7.99. The summed E-state index contributed by atoms with van der Waals surface area (Å²) in [6, 6.07) is 2.72. The van der Waals surface area contributed by atoms with Crippen LogP contribution < -0.4 is 5.32 Å². The molecule has 0 fully saturated rings. The molecule has 14 heavy (non-hydrogen) atoms. The summed E-state index contributed by atoms with van der Waals surface area (Å²) >= 11 is 1.94. The zero-order chi connectivity index (χ0) is 11.0. The van der Waals surface area contributed by atoms with E-state index in [9.17, 15) is 0 Å². The van der Waals surface area contributed by atoms with E-state index >= 15 is 0 Å². The van der Waals surface area contributed by atoms with Gasteiger partial charge in [-0.1, -0.05) is 13.8 Å². The van der Waals surface area contributed by atoms with Crippen molar-refractivity contribution in [1.29, 1.82) is 5.26 Å². The highest BCUT2D eigenvalue weighted by Gasteiger charge is 2.07. The standard InChI is InChI=1S/C11H22N2S/c1-9(2)8-14-6-5-11(7-12)13-10(3)4/h9-11,13H,5-6,8H2,1-4H3. The van der Waals surface area contributed by atoms with E-state index in [0.717, 1.165) is 18.1 Å². The fourth-order valence-corrected chi connectivity index (χ4v) is 2.15. The molecule has 0 aromatic carbocycles. The lowest BCUT2D eigenvalue weighted by Gasteiger charge is -2.14. The monoisotopic (exact) mass is 214 g/mol. The quantitative estimate of drug-likeness (QED) is 0.662. The average Bonchev–Trinajstić information content (AvgIpc) is 2.09. The molecule has 0 bridgehead atoms. The van der Waals surface area contributed by atoms with Crippen LogP contribution in [-0.4, -0.2) is 23.6 Å². The lowest BCUT2D eigenvalue weighted by atomic mass is 10.2. The van der Waals surface area contributed by atoms with Gasteiger partial charge in [-0.2, -0.15) is 17.0 Å². The van der Waals surface area contributed by atoms with Crippen molar-refractivity contribution in [2.24, 2.45) is 5.92 Å². The molecule has 0 heterocycles. The second kappa shape index (κ2) is 8.14. The minimum atomic E-state index is 0.0228. The van der Waals surface area contributed by atoms with Crippen molar-refractivity contribution in [2.75, 3.05) is 11.5 Å². The highest BCUT2D eigenvalue weighted by Crippen LogP contribution is 2.10. The first-order valence-electron chi connectivity index (χ1n) is 5.29. The summed E-state index contributed by atoms with van der Waals surface area (Å²) in [6.45, 7) is 8.60. The molecule has 1 unspecified atom stereocenters. The molecule has 1 atom stereocenters. The summed E-state index contributed by atoms with van der Waals surface area (Å²) in [5.41, 5.74) is 0. The molecular formula is C11H22N2S. The van der Waals surface area contributed by atoms with E-state index in [2.05, 4.69) is 39.1 Å². The van der Waals surface area contributed by atoms with Gasteiger partial charge in [0.1, 0.15) is 0 Å². The molecule has 2 nitrogen and oxygen atoms in total. The van der Waals surface area contributed by atoms with Gasteiger partial charge >= 0.3 is 0 Å². The Hall–Kier alpha value is -0.200. The second-order valence-corrected chi connectivity index (χ2v) is 5.41. The van der Waals surface area contributed by atoms with Crippen LogP contribution in [0.3, 0.4) is 0 Å². The minimum absolute atomic E-state index is 0.0228. The van der Waals surface area contributed by atoms with Crippen molar-refractivity contribution in [1.82, 2.24) is 5.32 Å². The molecule has 82 valence electrons. The summed E-state index contributed by atoms with van der Waals surface area (Å²) < 4.78 is 0. The van der Waals surface area contributed by atoms with Crippen LogP contribution in [0.1, 0.15) is 34.1 Å². The lowest BCUT2D eigenvalue weighted by molar-refractivity contribution is 0.522. The van der Waals surface area contributed by atoms with Crippen LogP contribution in [0.25, 0.3) is 0 Å². The van der Waals surface area contributed by atoms with Crippen molar-refractivity contribution < 1.29 is 0 Å². The smallest absolute Gasteiger partial charge is 0.0962 e. The van der Waals surface area contributed by atoms with Crippen LogP contribution >= 0.6 is 11.8 Å². The molecule has 0 rings (SSSR count). The number of nitrogens with zero attached hydrogens (tertiary/aromatic N) is 1. The van der Waals surface area contributed by atoms with Gasteiger partial charge in [0.15, 0.2) is 0 Å². The Bertz CT molecular complexity index is 173. The zero-order valence-corrected chi connectivity index (χ0v) is 10.5. The van der Waals surface area contributed by atoms with Gasteiger partial charge in [0.25, 0.3) is 0 Å². The van der Waals surface area contributed by atoms with Gasteiger partial charge in [-0.3, -0.25) is 5.32 Å². The number of hydrogen-bond acceptors (Lipinski definition) is 3. The normalized spacial score (nSPS) is 13.2. The first-order valence-corrected chi connectivity index (χ1v) is 6.45. The number of hydrogen-bond donors (Lipinski definition) is 1. The van der Waals surface area contributed by atoms with Crippen LogP contribution in [0, 0.1) is 17.2 Å². The van der Waals surface area contributed by atoms with Crippen molar-refractivity contribution in [3.8, 4) is 6.07 Å². The molecule has 0 amide bonds. The molecule has 0 saturated heterocycles. The molecular weight excluding hydrogens is 192 g/mol. The van der Waals surface area contributed by atoms with Crippen LogP contribution in [-0.2, 0) is 0 Å². The van der Waals surface area contributed by atoms with Gasteiger partial charge < -0.3 is 0 Å². The van der Waals surface area contributed by atoms with Gasteiger partial charge in [0.2, 0.25) is 0 Å². The van der Waals surface area contributed by atoms with Crippen LogP contribution in [0.5, 0.6) is 0 Å². The van der Waals surface area contributed by atoms with Crippen LogP contribution in [0.15, 0.2) is 0 Å². The third-order valence-electron chi connectivity index (χ3n) is 1.69. The van der Waals surface area contributed by atoms with Crippen molar-refractivity contribution in [3.05, 3.63) is 0 Å². The molecule has 0 aliphatic carbocycles. The van der Waals surface area contributed by atoms with Gasteiger partial charge in [-0.25, -0.2) is 0 Å². The molecule has 0 aliphatic rings. The minimum Gasteiger partial charge on any atom is -0.300 e. The number of rotatable bonds is 7. The van der Waals surface area contributed by atoms with Gasteiger partial charge in [-0.05, 0) is 37.7 Å². The molecule has 0 aromatic heterocycles. The summed E-state index contributed by atoms with van der Waals surface area (Å²) in [4.78, 5) is 0. The first-order chi connectivity index (χ1) is 6.56. The first kappa shape index (κ1) is 13.8. The molecule has 0 radical (unpaired) electrons. The highest BCUT2D eigenvalue weighted by atomic mass is 32.2. The fourth-order valence-electron chi connectivity index (χ4n) is 1.11. The largest absolute Gasteiger partial charge is 0.300 e. The molecule has 0 aromatic rings. The van der Waals surface area contributed by atoms with E-state index < -0.39 is 0 Å². The van der Waals surface area contributed by atoms with E-state index in [0.29, 0.717) is 6.04 Å². The van der Waals surface area contributed by atoms with Crippen molar-refractivity contribution in [2.45, 2.75) is 46.2 Å². The molecule has 0 aliphatic heterocycles. The maximum absolute atomic E-state index is 8.86. The molecule has 3 heteroatoms. The Morgan fingerprint density at radius 1 is 1.29 bits per heavy atom. The van der Waals surface area contributed by atoms with Crippen molar-refractivity contribution in [3.63, 3.8) is 0 Å². The van der Waals surface area contributed by atoms with Gasteiger partial charge in [-0.15, -0.1) is 0 Å². The summed E-state index contributed by atoms with van der Waals surface area (Å²) in [5, 5.41) is 12.1. The molecule has 0 saturated carbocycles. The third-order valence-corrected chi connectivity index (χ3v) is 3.12. The van der Waals surface area contributed by atoms with Crippen LogP contribution in [0.2, 0.25) is 0 Å². The molecule has 1 N–H and O–H groups in total. The SMILES string of the molecule is CC(C)CSCCC(C#N)NC(C)C. The zero-order valence-electron chi connectivity index (χ0n) is 9.71. The molecule has 0 spiro atoms. The topological polar surface area (TPSA) is 35.8 Å². The Balaban J connectivity index is 3.49. The predicted molar refractivity (Wildman–Crippen MR) is 64.5 cm³/mol. The maximum Gasteiger partial charge on any atom is 0.0962 e. The van der Waals surface area contributed by atoms with Gasteiger partial charge in [0.05, 0.1) is 12.1 Å². The van der Waals surface area contributed by atoms with E-state index in [1.807, 2.05) is 11.8 Å². The average molecular weight is 214 g/mol. The summed E-state index contributed by atoms with van der Waals surface area (Å²) in [6.07, 6.45) is 0.950. The van der Waals surface area contributed by atoms with Gasteiger partial charge in [0, 0.05) is 6.04 Å². The second-order valence-electron chi connectivity index (χ2n) is 4.26. The van der Waals surface area contributed by atoms with E-state index in [4.69, 9.17) is 5.26 Å². The fraction of sp³-hybridized carbons (Fsp3) is 0.909. The summed E-state index contributed by atoms with van der Waals surface area (Å²) in [7, 11) is 0. The van der Waals surface area contributed by atoms with E-state index in [-0.39, 0.29) is 6.04 Å². The maximum atomic E-state index is 8.86. The van der Waals surface area contributed by atoms with E-state index in [1.54, 1.807) is 0 Å². The van der Waals surface area contributed by atoms with E-state index in [1.165, 1.54) is 5.75 Å². The number of nitrogens with one attached hydrogen (secondary N) is 1. The predicted octanol–water partition coefficient (Wildman–Crippen LogP) is 2.66. The Morgan fingerprint density at radius 2 is 1.93 bits per heavy atom.